The second-order valence-electron chi connectivity index (χ2n) is 7.78. The van der Waals surface area contributed by atoms with Crippen molar-refractivity contribution in [1.29, 1.82) is 0 Å². The first-order valence-electron chi connectivity index (χ1n) is 9.49. The van der Waals surface area contributed by atoms with Crippen molar-refractivity contribution < 1.29 is 23.9 Å². The van der Waals surface area contributed by atoms with Crippen LogP contribution in [0.4, 0.5) is 4.79 Å². The minimum absolute atomic E-state index is 0.115. The molecule has 0 bridgehead atoms. The summed E-state index contributed by atoms with van der Waals surface area (Å²) in [5.41, 5.74) is 0.181. The summed E-state index contributed by atoms with van der Waals surface area (Å²) in [5, 5.41) is 5.34. The summed E-state index contributed by atoms with van der Waals surface area (Å²) in [4.78, 5) is 37.2. The standard InChI is InChI=1S/C21H32N2O5/c1-7-14(2)17(19(25)27-6)23-18(24)16(13-15-11-9-8-10-12-15)22-20(26)28-21(3,4)5/h8-12,14,16-17H,7,13H2,1-6H3,(H,22,26)(H,23,24)/t14-,16-,17-/m0/s1. The van der Waals surface area contributed by atoms with Crippen molar-refractivity contribution in [1.82, 2.24) is 10.6 Å². The largest absolute Gasteiger partial charge is 0.467 e. The second-order valence-corrected chi connectivity index (χ2v) is 7.78. The van der Waals surface area contributed by atoms with Gasteiger partial charge in [-0.05, 0) is 32.3 Å². The summed E-state index contributed by atoms with van der Waals surface area (Å²) in [6.45, 7) is 9.02. The zero-order chi connectivity index (χ0) is 21.3. The van der Waals surface area contributed by atoms with E-state index in [-0.39, 0.29) is 12.3 Å². The molecular weight excluding hydrogens is 360 g/mol. The fourth-order valence-corrected chi connectivity index (χ4v) is 2.56. The minimum Gasteiger partial charge on any atom is -0.467 e. The SMILES string of the molecule is CC[C@H](C)[C@H](NC(=O)[C@H](Cc1ccccc1)NC(=O)OC(C)(C)C)C(=O)OC. The van der Waals surface area contributed by atoms with Gasteiger partial charge in [0.2, 0.25) is 5.91 Å². The van der Waals surface area contributed by atoms with E-state index in [9.17, 15) is 14.4 Å². The fourth-order valence-electron chi connectivity index (χ4n) is 2.56. The highest BCUT2D eigenvalue weighted by Gasteiger charge is 2.31. The maximum atomic E-state index is 12.9. The molecule has 0 saturated heterocycles. The molecule has 156 valence electrons. The second kappa shape index (κ2) is 10.7. The normalized spacial score (nSPS) is 14.4. The summed E-state index contributed by atoms with van der Waals surface area (Å²) in [6.07, 6.45) is 0.255. The third kappa shape index (κ3) is 7.98. The third-order valence-corrected chi connectivity index (χ3v) is 4.26. The van der Waals surface area contributed by atoms with Crippen LogP contribution in [0.1, 0.15) is 46.6 Å². The van der Waals surface area contributed by atoms with Gasteiger partial charge < -0.3 is 20.1 Å². The van der Waals surface area contributed by atoms with Crippen LogP contribution in [0.3, 0.4) is 0 Å². The number of alkyl carbamates (subject to hydrolysis) is 1. The number of ether oxygens (including phenoxy) is 2. The number of methoxy groups -OCH3 is 1. The van der Waals surface area contributed by atoms with Crippen LogP contribution in [0.25, 0.3) is 0 Å². The summed E-state index contributed by atoms with van der Waals surface area (Å²) >= 11 is 0. The van der Waals surface area contributed by atoms with E-state index < -0.39 is 35.7 Å². The van der Waals surface area contributed by atoms with Crippen LogP contribution in [0.15, 0.2) is 30.3 Å². The smallest absolute Gasteiger partial charge is 0.408 e. The first-order valence-corrected chi connectivity index (χ1v) is 9.49. The Morgan fingerprint density at radius 3 is 2.18 bits per heavy atom. The third-order valence-electron chi connectivity index (χ3n) is 4.26. The van der Waals surface area contributed by atoms with Crippen molar-refractivity contribution in [2.75, 3.05) is 7.11 Å². The van der Waals surface area contributed by atoms with E-state index in [0.29, 0.717) is 6.42 Å². The number of hydrogen-bond acceptors (Lipinski definition) is 5. The number of carbonyl (C=O) groups excluding carboxylic acids is 3. The Morgan fingerprint density at radius 1 is 1.07 bits per heavy atom. The van der Waals surface area contributed by atoms with Crippen LogP contribution < -0.4 is 10.6 Å². The Morgan fingerprint density at radius 2 is 1.68 bits per heavy atom. The van der Waals surface area contributed by atoms with Gasteiger partial charge in [0.1, 0.15) is 17.7 Å². The maximum absolute atomic E-state index is 12.9. The number of hydrogen-bond donors (Lipinski definition) is 2. The molecule has 2 N–H and O–H groups in total. The molecule has 0 spiro atoms. The average Bonchev–Trinajstić information content (AvgIpc) is 2.63. The van der Waals surface area contributed by atoms with Gasteiger partial charge in [-0.25, -0.2) is 9.59 Å². The summed E-state index contributed by atoms with van der Waals surface area (Å²) in [7, 11) is 1.28. The van der Waals surface area contributed by atoms with Crippen LogP contribution in [0.2, 0.25) is 0 Å². The molecule has 7 heteroatoms. The van der Waals surface area contributed by atoms with Gasteiger partial charge in [0.15, 0.2) is 0 Å². The Bertz CT molecular complexity index is 655. The molecule has 1 aromatic rings. The lowest BCUT2D eigenvalue weighted by atomic mass is 9.98. The van der Waals surface area contributed by atoms with Gasteiger partial charge in [0, 0.05) is 6.42 Å². The monoisotopic (exact) mass is 392 g/mol. The number of nitrogens with one attached hydrogen (secondary N) is 2. The molecular formula is C21H32N2O5. The van der Waals surface area contributed by atoms with Crippen molar-refractivity contribution in [3.63, 3.8) is 0 Å². The number of carbonyl (C=O) groups is 3. The first kappa shape index (κ1) is 23.5. The van der Waals surface area contributed by atoms with Gasteiger partial charge in [-0.1, -0.05) is 50.6 Å². The predicted octanol–water partition coefficient (Wildman–Crippen LogP) is 2.83. The lowest BCUT2D eigenvalue weighted by Gasteiger charge is -2.26. The minimum atomic E-state index is -0.895. The van der Waals surface area contributed by atoms with Crippen LogP contribution in [0.5, 0.6) is 0 Å². The van der Waals surface area contributed by atoms with Gasteiger partial charge in [-0.2, -0.15) is 0 Å². The highest BCUT2D eigenvalue weighted by atomic mass is 16.6. The van der Waals surface area contributed by atoms with Gasteiger partial charge in [0.05, 0.1) is 7.11 Å². The number of rotatable bonds is 8. The first-order chi connectivity index (χ1) is 13.1. The Labute approximate surface area is 167 Å². The van der Waals surface area contributed by atoms with E-state index >= 15 is 0 Å². The molecule has 0 aromatic heterocycles. The van der Waals surface area contributed by atoms with Gasteiger partial charge >= 0.3 is 12.1 Å². The van der Waals surface area contributed by atoms with Gasteiger partial charge in [0.25, 0.3) is 0 Å². The molecule has 0 aliphatic heterocycles. The predicted molar refractivity (Wildman–Crippen MR) is 107 cm³/mol. The van der Waals surface area contributed by atoms with Crippen molar-refractivity contribution in [2.24, 2.45) is 5.92 Å². The number of esters is 1. The Hall–Kier alpha value is -2.57. The van der Waals surface area contributed by atoms with Crippen LogP contribution in [0, 0.1) is 5.92 Å². The lowest BCUT2D eigenvalue weighted by molar-refractivity contribution is -0.146. The molecule has 28 heavy (non-hydrogen) atoms. The van der Waals surface area contributed by atoms with Crippen LogP contribution in [-0.4, -0.2) is 42.8 Å². The Kier molecular flexibility index (Phi) is 8.96. The van der Waals surface area contributed by atoms with Crippen molar-refractivity contribution in [3.8, 4) is 0 Å². The highest BCUT2D eigenvalue weighted by Crippen LogP contribution is 2.12. The molecule has 0 radical (unpaired) electrons. The van der Waals surface area contributed by atoms with E-state index in [2.05, 4.69) is 10.6 Å². The van der Waals surface area contributed by atoms with Crippen molar-refractivity contribution >= 4 is 18.0 Å². The van der Waals surface area contributed by atoms with E-state index in [1.54, 1.807) is 20.8 Å². The Balaban J connectivity index is 2.99. The molecule has 0 unspecified atom stereocenters. The molecule has 0 heterocycles. The van der Waals surface area contributed by atoms with Crippen LogP contribution in [-0.2, 0) is 25.5 Å². The topological polar surface area (TPSA) is 93.7 Å². The van der Waals surface area contributed by atoms with E-state index in [4.69, 9.17) is 9.47 Å². The van der Waals surface area contributed by atoms with E-state index in [1.165, 1.54) is 7.11 Å². The molecule has 0 saturated carbocycles. The summed E-state index contributed by atoms with van der Waals surface area (Å²) < 4.78 is 10.1. The maximum Gasteiger partial charge on any atom is 0.408 e. The van der Waals surface area contributed by atoms with E-state index in [0.717, 1.165) is 5.56 Å². The van der Waals surface area contributed by atoms with Crippen molar-refractivity contribution in [2.45, 2.75) is 65.1 Å². The zero-order valence-corrected chi connectivity index (χ0v) is 17.6. The number of benzene rings is 1. The quantitative estimate of drug-likeness (QED) is 0.664. The number of amides is 2. The molecule has 0 aliphatic carbocycles. The molecule has 0 fully saturated rings. The average molecular weight is 392 g/mol. The van der Waals surface area contributed by atoms with Gasteiger partial charge in [-0.15, -0.1) is 0 Å². The van der Waals surface area contributed by atoms with Crippen molar-refractivity contribution in [3.05, 3.63) is 35.9 Å². The molecule has 3 atom stereocenters. The lowest BCUT2D eigenvalue weighted by Crippen LogP contribution is -2.54. The zero-order valence-electron chi connectivity index (χ0n) is 17.6. The van der Waals surface area contributed by atoms with Crippen LogP contribution >= 0.6 is 0 Å². The molecule has 1 aromatic carbocycles. The molecule has 2 amide bonds. The molecule has 1 rings (SSSR count). The van der Waals surface area contributed by atoms with Gasteiger partial charge in [-0.3, -0.25) is 4.79 Å². The molecule has 0 aliphatic rings. The fraction of sp³-hybridized carbons (Fsp3) is 0.571. The summed E-state index contributed by atoms with van der Waals surface area (Å²) in [5.74, 6) is -1.10. The summed E-state index contributed by atoms with van der Waals surface area (Å²) in [6, 6.07) is 7.63. The van der Waals surface area contributed by atoms with E-state index in [1.807, 2.05) is 44.2 Å². The highest BCUT2D eigenvalue weighted by molar-refractivity contribution is 5.90. The molecule has 7 nitrogen and oxygen atoms in total.